The Kier molecular flexibility index (Phi) is 8.35. The molecule has 0 heterocycles. The molecule has 1 atom stereocenters. The largest absolute Gasteiger partial charge is 0.484 e. The molecule has 0 saturated heterocycles. The second-order valence-corrected chi connectivity index (χ2v) is 7.78. The summed E-state index contributed by atoms with van der Waals surface area (Å²) in [4.78, 5) is 26.8. The second-order valence-electron chi connectivity index (χ2n) is 6.94. The molecule has 2 aromatic rings. The Bertz CT molecular complexity index is 866. The molecule has 2 rings (SSSR count). The summed E-state index contributed by atoms with van der Waals surface area (Å²) in [7, 11) is 0. The maximum Gasteiger partial charge on any atom is 0.261 e. The van der Waals surface area contributed by atoms with Gasteiger partial charge in [0, 0.05) is 23.1 Å². The van der Waals surface area contributed by atoms with Gasteiger partial charge in [0.05, 0.1) is 0 Å². The lowest BCUT2D eigenvalue weighted by atomic mass is 10.1. The molecule has 0 bridgehead atoms. The zero-order valence-corrected chi connectivity index (χ0v) is 18.6. The molecule has 0 aliphatic carbocycles. The Morgan fingerprint density at radius 2 is 1.76 bits per heavy atom. The van der Waals surface area contributed by atoms with Gasteiger partial charge in [0.1, 0.15) is 11.8 Å². The highest BCUT2D eigenvalue weighted by molar-refractivity contribution is 6.35. The van der Waals surface area contributed by atoms with Crippen LogP contribution in [0.25, 0.3) is 0 Å². The molecule has 2 aromatic carbocycles. The molecule has 0 radical (unpaired) electrons. The second kappa shape index (κ2) is 10.5. The summed E-state index contributed by atoms with van der Waals surface area (Å²) in [6, 6.07) is 10.2. The quantitative estimate of drug-likeness (QED) is 0.660. The normalized spacial score (nSPS) is 11.7. The van der Waals surface area contributed by atoms with Crippen molar-refractivity contribution >= 4 is 35.0 Å². The van der Waals surface area contributed by atoms with Crippen LogP contribution < -0.4 is 10.1 Å². The number of amides is 2. The fourth-order valence-electron chi connectivity index (χ4n) is 2.98. The summed E-state index contributed by atoms with van der Waals surface area (Å²) in [6.45, 7) is 7.91. The molecule has 0 aromatic heterocycles. The SMILES string of the molecule is CCNC(=O)C(C)N(Cc1ccc(Cl)cc1Cl)C(=O)COc1cc(C)cc(C)c1. The monoisotopic (exact) mass is 436 g/mol. The van der Waals surface area contributed by atoms with Crippen molar-refractivity contribution in [1.29, 1.82) is 0 Å². The molecule has 0 aliphatic heterocycles. The van der Waals surface area contributed by atoms with Crippen LogP contribution in [0.1, 0.15) is 30.5 Å². The van der Waals surface area contributed by atoms with Crippen molar-refractivity contribution in [2.45, 2.75) is 40.3 Å². The van der Waals surface area contributed by atoms with Gasteiger partial charge in [0.25, 0.3) is 5.91 Å². The summed E-state index contributed by atoms with van der Waals surface area (Å²) in [6.07, 6.45) is 0. The third-order valence-corrected chi connectivity index (χ3v) is 5.02. The highest BCUT2D eigenvalue weighted by Gasteiger charge is 2.26. The van der Waals surface area contributed by atoms with E-state index in [1.807, 2.05) is 39.0 Å². The fourth-order valence-corrected chi connectivity index (χ4v) is 3.45. The zero-order chi connectivity index (χ0) is 21.6. The van der Waals surface area contributed by atoms with E-state index in [2.05, 4.69) is 5.32 Å². The number of benzene rings is 2. The number of halogens is 2. The molecule has 0 spiro atoms. The molecule has 1 N–H and O–H groups in total. The summed E-state index contributed by atoms with van der Waals surface area (Å²) < 4.78 is 5.71. The van der Waals surface area contributed by atoms with Gasteiger partial charge in [-0.1, -0.05) is 35.3 Å². The molecule has 7 heteroatoms. The third kappa shape index (κ3) is 6.65. The number of hydrogen-bond donors (Lipinski definition) is 1. The van der Waals surface area contributed by atoms with Gasteiger partial charge >= 0.3 is 0 Å². The van der Waals surface area contributed by atoms with Crippen LogP contribution in [0.3, 0.4) is 0 Å². The number of carbonyl (C=O) groups excluding carboxylic acids is 2. The number of rotatable bonds is 8. The Balaban J connectivity index is 2.20. The van der Waals surface area contributed by atoms with Crippen LogP contribution in [0, 0.1) is 13.8 Å². The first-order valence-electron chi connectivity index (χ1n) is 9.43. The molecule has 0 aliphatic rings. The Morgan fingerprint density at radius 3 is 2.34 bits per heavy atom. The Hall–Kier alpha value is -2.24. The van der Waals surface area contributed by atoms with E-state index < -0.39 is 6.04 Å². The highest BCUT2D eigenvalue weighted by atomic mass is 35.5. The van der Waals surface area contributed by atoms with Crippen LogP contribution in [-0.4, -0.2) is 35.9 Å². The minimum absolute atomic E-state index is 0.170. The predicted octanol–water partition coefficient (Wildman–Crippen LogP) is 4.54. The van der Waals surface area contributed by atoms with Crippen molar-refractivity contribution in [3.63, 3.8) is 0 Å². The van der Waals surface area contributed by atoms with Crippen LogP contribution in [0.5, 0.6) is 5.75 Å². The number of carbonyl (C=O) groups is 2. The van der Waals surface area contributed by atoms with Gasteiger partial charge in [-0.05, 0) is 68.7 Å². The molecule has 29 heavy (non-hydrogen) atoms. The molecular weight excluding hydrogens is 411 g/mol. The van der Waals surface area contributed by atoms with E-state index in [1.54, 1.807) is 25.1 Å². The fraction of sp³-hybridized carbons (Fsp3) is 0.364. The van der Waals surface area contributed by atoms with Crippen molar-refractivity contribution in [2.75, 3.05) is 13.2 Å². The van der Waals surface area contributed by atoms with Crippen LogP contribution in [0.2, 0.25) is 10.0 Å². The van der Waals surface area contributed by atoms with Crippen molar-refractivity contribution in [3.05, 3.63) is 63.1 Å². The minimum atomic E-state index is -0.683. The lowest BCUT2D eigenvalue weighted by molar-refractivity contribution is -0.142. The molecule has 2 amide bonds. The van der Waals surface area contributed by atoms with E-state index >= 15 is 0 Å². The van der Waals surface area contributed by atoms with Crippen molar-refractivity contribution in [1.82, 2.24) is 10.2 Å². The van der Waals surface area contributed by atoms with E-state index in [-0.39, 0.29) is 25.0 Å². The Morgan fingerprint density at radius 1 is 1.10 bits per heavy atom. The third-order valence-electron chi connectivity index (χ3n) is 4.43. The standard InChI is InChI=1S/C22H26Cl2N2O3/c1-5-25-22(28)16(4)26(12-17-6-7-18(23)11-20(17)24)21(27)13-29-19-9-14(2)8-15(3)10-19/h6-11,16H,5,12-13H2,1-4H3,(H,25,28). The zero-order valence-electron chi connectivity index (χ0n) is 17.1. The molecule has 0 saturated carbocycles. The first-order chi connectivity index (χ1) is 13.7. The summed E-state index contributed by atoms with van der Waals surface area (Å²) in [5, 5.41) is 3.70. The van der Waals surface area contributed by atoms with Crippen LogP contribution in [-0.2, 0) is 16.1 Å². The van der Waals surface area contributed by atoms with Gasteiger partial charge in [0.2, 0.25) is 5.91 Å². The van der Waals surface area contributed by atoms with Gasteiger partial charge < -0.3 is 15.0 Å². The van der Waals surface area contributed by atoms with E-state index in [1.165, 1.54) is 4.90 Å². The number of ether oxygens (including phenoxy) is 1. The summed E-state index contributed by atoms with van der Waals surface area (Å²) in [5.74, 6) is 0.0669. The maximum absolute atomic E-state index is 13.0. The summed E-state index contributed by atoms with van der Waals surface area (Å²) in [5.41, 5.74) is 2.80. The molecule has 156 valence electrons. The van der Waals surface area contributed by atoms with Crippen LogP contribution >= 0.6 is 23.2 Å². The minimum Gasteiger partial charge on any atom is -0.484 e. The van der Waals surface area contributed by atoms with Gasteiger partial charge in [-0.2, -0.15) is 0 Å². The van der Waals surface area contributed by atoms with E-state index in [0.29, 0.717) is 27.9 Å². The van der Waals surface area contributed by atoms with Gasteiger partial charge in [-0.15, -0.1) is 0 Å². The van der Waals surface area contributed by atoms with E-state index in [0.717, 1.165) is 11.1 Å². The molecule has 5 nitrogen and oxygen atoms in total. The number of hydrogen-bond acceptors (Lipinski definition) is 3. The smallest absolute Gasteiger partial charge is 0.261 e. The highest BCUT2D eigenvalue weighted by Crippen LogP contribution is 2.23. The molecule has 1 unspecified atom stereocenters. The Labute approximate surface area is 181 Å². The first kappa shape index (κ1) is 23.0. The van der Waals surface area contributed by atoms with Crippen molar-refractivity contribution < 1.29 is 14.3 Å². The van der Waals surface area contributed by atoms with E-state index in [9.17, 15) is 9.59 Å². The van der Waals surface area contributed by atoms with Gasteiger partial charge in [-0.3, -0.25) is 9.59 Å². The average Bonchev–Trinajstić information content (AvgIpc) is 2.64. The van der Waals surface area contributed by atoms with E-state index in [4.69, 9.17) is 27.9 Å². The van der Waals surface area contributed by atoms with Crippen LogP contribution in [0.15, 0.2) is 36.4 Å². The summed E-state index contributed by atoms with van der Waals surface area (Å²) >= 11 is 12.2. The number of likely N-dealkylation sites (N-methyl/N-ethyl adjacent to an activating group) is 1. The van der Waals surface area contributed by atoms with Gasteiger partial charge in [-0.25, -0.2) is 0 Å². The average molecular weight is 437 g/mol. The molecular formula is C22H26Cl2N2O3. The van der Waals surface area contributed by atoms with Crippen molar-refractivity contribution in [3.8, 4) is 5.75 Å². The first-order valence-corrected chi connectivity index (χ1v) is 10.2. The lowest BCUT2D eigenvalue weighted by Gasteiger charge is -2.29. The number of nitrogens with one attached hydrogen (secondary N) is 1. The number of aryl methyl sites for hydroxylation is 2. The number of nitrogens with zero attached hydrogens (tertiary/aromatic N) is 1. The predicted molar refractivity (Wildman–Crippen MR) is 117 cm³/mol. The lowest BCUT2D eigenvalue weighted by Crippen LogP contribution is -2.49. The van der Waals surface area contributed by atoms with Crippen molar-refractivity contribution in [2.24, 2.45) is 0 Å². The molecule has 0 fully saturated rings. The topological polar surface area (TPSA) is 58.6 Å². The van der Waals surface area contributed by atoms with Crippen LogP contribution in [0.4, 0.5) is 0 Å². The van der Waals surface area contributed by atoms with Gasteiger partial charge in [0.15, 0.2) is 6.61 Å². The maximum atomic E-state index is 13.0.